The molecule has 1 heteroatoms. The third kappa shape index (κ3) is 2.05. The van der Waals surface area contributed by atoms with Gasteiger partial charge in [-0.3, -0.25) is 0 Å². The maximum absolute atomic E-state index is 5.95. The molecule has 0 spiro atoms. The van der Waals surface area contributed by atoms with Gasteiger partial charge in [0.2, 0.25) is 0 Å². The molecule has 17 heavy (non-hydrogen) atoms. The standard InChI is InChI=1S/C16H16O/c1-12-8-9-16-15(10-12)13-6-4-2-3-5-7-14(11-13)17-16/h4-11,14H,2-3H2,1H3/b6-4-,7-5-. The summed E-state index contributed by atoms with van der Waals surface area (Å²) < 4.78 is 5.95. The zero-order chi connectivity index (χ0) is 11.7. The Balaban J connectivity index is 2.11. The number of fused-ring (bicyclic) bond motifs is 3. The number of hydrogen-bond donors (Lipinski definition) is 0. The van der Waals surface area contributed by atoms with Crippen LogP contribution in [0.4, 0.5) is 0 Å². The van der Waals surface area contributed by atoms with Crippen molar-refractivity contribution in [3.8, 4) is 5.75 Å². The van der Waals surface area contributed by atoms with Crippen LogP contribution in [0.1, 0.15) is 24.0 Å². The van der Waals surface area contributed by atoms with E-state index in [1.165, 1.54) is 16.7 Å². The molecule has 1 unspecified atom stereocenters. The first-order chi connectivity index (χ1) is 8.33. The lowest BCUT2D eigenvalue weighted by Gasteiger charge is -2.22. The van der Waals surface area contributed by atoms with Crippen molar-refractivity contribution in [2.75, 3.05) is 0 Å². The second-order valence-electron chi connectivity index (χ2n) is 4.61. The van der Waals surface area contributed by atoms with Crippen LogP contribution in [0.2, 0.25) is 0 Å². The minimum absolute atomic E-state index is 0.0861. The van der Waals surface area contributed by atoms with Crippen LogP contribution >= 0.6 is 0 Å². The predicted molar refractivity (Wildman–Crippen MR) is 71.1 cm³/mol. The maximum atomic E-state index is 5.95. The number of ether oxygens (including phenoxy) is 1. The summed E-state index contributed by atoms with van der Waals surface area (Å²) in [6.07, 6.45) is 13.3. The first-order valence-electron chi connectivity index (χ1n) is 6.16. The fourth-order valence-electron chi connectivity index (χ4n) is 2.29. The van der Waals surface area contributed by atoms with Crippen LogP contribution in [-0.2, 0) is 0 Å². The average molecular weight is 224 g/mol. The molecule has 1 atom stereocenters. The molecular formula is C16H16O. The molecule has 1 nitrogen and oxygen atoms in total. The Labute approximate surface area is 102 Å². The van der Waals surface area contributed by atoms with Crippen LogP contribution in [0.15, 0.2) is 48.6 Å². The molecule has 0 radical (unpaired) electrons. The van der Waals surface area contributed by atoms with Crippen LogP contribution in [0.25, 0.3) is 5.57 Å². The van der Waals surface area contributed by atoms with Gasteiger partial charge in [0.05, 0.1) is 0 Å². The van der Waals surface area contributed by atoms with Crippen molar-refractivity contribution in [3.63, 3.8) is 0 Å². The smallest absolute Gasteiger partial charge is 0.136 e. The van der Waals surface area contributed by atoms with Crippen LogP contribution < -0.4 is 4.74 Å². The van der Waals surface area contributed by atoms with E-state index in [1.54, 1.807) is 0 Å². The summed E-state index contributed by atoms with van der Waals surface area (Å²) in [5.74, 6) is 0.995. The first kappa shape index (κ1) is 10.4. The summed E-state index contributed by atoms with van der Waals surface area (Å²) in [6.45, 7) is 2.12. The zero-order valence-electron chi connectivity index (χ0n) is 10.0. The lowest BCUT2D eigenvalue weighted by Crippen LogP contribution is -2.15. The zero-order valence-corrected chi connectivity index (χ0v) is 10.0. The van der Waals surface area contributed by atoms with Crippen molar-refractivity contribution in [1.29, 1.82) is 0 Å². The fourth-order valence-corrected chi connectivity index (χ4v) is 2.29. The monoisotopic (exact) mass is 224 g/mol. The number of hydrogen-bond acceptors (Lipinski definition) is 1. The van der Waals surface area contributed by atoms with Gasteiger partial charge in [0, 0.05) is 5.56 Å². The van der Waals surface area contributed by atoms with Crippen molar-refractivity contribution in [2.45, 2.75) is 25.9 Å². The summed E-state index contributed by atoms with van der Waals surface area (Å²) in [4.78, 5) is 0. The summed E-state index contributed by atoms with van der Waals surface area (Å²) in [7, 11) is 0. The summed E-state index contributed by atoms with van der Waals surface area (Å²) in [5.41, 5.74) is 3.77. The lowest BCUT2D eigenvalue weighted by atomic mass is 9.98. The van der Waals surface area contributed by atoms with E-state index in [-0.39, 0.29) is 6.10 Å². The van der Waals surface area contributed by atoms with Crippen molar-refractivity contribution in [1.82, 2.24) is 0 Å². The van der Waals surface area contributed by atoms with Crippen LogP contribution in [0.5, 0.6) is 5.75 Å². The summed E-state index contributed by atoms with van der Waals surface area (Å²) in [6, 6.07) is 6.37. The molecular weight excluding hydrogens is 208 g/mol. The highest BCUT2D eigenvalue weighted by atomic mass is 16.5. The van der Waals surface area contributed by atoms with Crippen LogP contribution in [0.3, 0.4) is 0 Å². The van der Waals surface area contributed by atoms with Gasteiger partial charge in [0.25, 0.3) is 0 Å². The Kier molecular flexibility index (Phi) is 2.60. The normalized spacial score (nSPS) is 25.5. The van der Waals surface area contributed by atoms with E-state index in [9.17, 15) is 0 Å². The van der Waals surface area contributed by atoms with Crippen molar-refractivity contribution in [3.05, 3.63) is 59.7 Å². The number of benzene rings is 1. The molecule has 0 aromatic heterocycles. The highest BCUT2D eigenvalue weighted by Crippen LogP contribution is 2.34. The SMILES string of the molecule is Cc1ccc2c(c1)C1=CC(/C=C\CC/C=C\1)O2. The van der Waals surface area contributed by atoms with E-state index in [4.69, 9.17) is 4.74 Å². The predicted octanol–water partition coefficient (Wildman–Crippen LogP) is 4.05. The summed E-state index contributed by atoms with van der Waals surface area (Å²) in [5, 5.41) is 0. The van der Waals surface area contributed by atoms with Crippen LogP contribution in [0, 0.1) is 6.92 Å². The quantitative estimate of drug-likeness (QED) is 0.604. The van der Waals surface area contributed by atoms with Gasteiger partial charge in [-0.15, -0.1) is 0 Å². The average Bonchev–Trinajstić information content (AvgIpc) is 2.42. The minimum Gasteiger partial charge on any atom is -0.482 e. The highest BCUT2D eigenvalue weighted by Gasteiger charge is 2.17. The second-order valence-corrected chi connectivity index (χ2v) is 4.61. The molecule has 2 bridgehead atoms. The van der Waals surface area contributed by atoms with Crippen LogP contribution in [-0.4, -0.2) is 6.10 Å². The molecule has 86 valence electrons. The third-order valence-electron chi connectivity index (χ3n) is 3.18. The van der Waals surface area contributed by atoms with Gasteiger partial charge in [0.1, 0.15) is 11.9 Å². The van der Waals surface area contributed by atoms with E-state index in [0.717, 1.165) is 18.6 Å². The molecule has 0 amide bonds. The molecule has 0 saturated carbocycles. The van der Waals surface area contributed by atoms with E-state index in [2.05, 4.69) is 55.5 Å². The molecule has 0 saturated heterocycles. The number of rotatable bonds is 0. The van der Waals surface area contributed by atoms with Gasteiger partial charge in [-0.05, 0) is 49.6 Å². The summed E-state index contributed by atoms with van der Waals surface area (Å²) >= 11 is 0. The Morgan fingerprint density at radius 3 is 3.00 bits per heavy atom. The molecule has 2 aliphatic rings. The number of aryl methyl sites for hydroxylation is 1. The minimum atomic E-state index is 0.0861. The van der Waals surface area contributed by atoms with Crippen molar-refractivity contribution < 1.29 is 4.74 Å². The Morgan fingerprint density at radius 1 is 1.18 bits per heavy atom. The van der Waals surface area contributed by atoms with Gasteiger partial charge in [0.15, 0.2) is 0 Å². The Bertz CT molecular complexity index is 520. The van der Waals surface area contributed by atoms with E-state index >= 15 is 0 Å². The van der Waals surface area contributed by atoms with E-state index in [0.29, 0.717) is 0 Å². The van der Waals surface area contributed by atoms with Gasteiger partial charge in [-0.2, -0.15) is 0 Å². The highest BCUT2D eigenvalue weighted by molar-refractivity contribution is 5.80. The molecule has 0 N–H and O–H groups in total. The van der Waals surface area contributed by atoms with Gasteiger partial charge in [-0.25, -0.2) is 0 Å². The second kappa shape index (κ2) is 4.25. The molecule has 0 fully saturated rings. The molecule has 1 aliphatic heterocycles. The third-order valence-corrected chi connectivity index (χ3v) is 3.18. The lowest BCUT2D eigenvalue weighted by molar-refractivity contribution is 0.291. The Morgan fingerprint density at radius 2 is 2.06 bits per heavy atom. The fraction of sp³-hybridized carbons (Fsp3) is 0.250. The van der Waals surface area contributed by atoms with Crippen molar-refractivity contribution >= 4 is 5.57 Å². The first-order valence-corrected chi connectivity index (χ1v) is 6.16. The van der Waals surface area contributed by atoms with E-state index < -0.39 is 0 Å². The Hall–Kier alpha value is -1.76. The molecule has 1 aromatic rings. The van der Waals surface area contributed by atoms with Gasteiger partial charge in [-0.1, -0.05) is 29.9 Å². The molecule has 1 aromatic carbocycles. The van der Waals surface area contributed by atoms with Gasteiger partial charge < -0.3 is 4.74 Å². The number of allylic oxidation sites excluding steroid dienone is 4. The molecule has 1 aliphatic carbocycles. The topological polar surface area (TPSA) is 9.23 Å². The molecule has 1 heterocycles. The van der Waals surface area contributed by atoms with E-state index in [1.807, 2.05) is 0 Å². The van der Waals surface area contributed by atoms with Gasteiger partial charge >= 0.3 is 0 Å². The molecule has 3 rings (SSSR count). The largest absolute Gasteiger partial charge is 0.482 e. The maximum Gasteiger partial charge on any atom is 0.136 e. The van der Waals surface area contributed by atoms with Crippen molar-refractivity contribution in [2.24, 2.45) is 0 Å².